The molecule has 10 N–H and O–H groups in total. The van der Waals surface area contributed by atoms with Crippen LogP contribution in [0.3, 0.4) is 0 Å². The number of carbonyl (C=O) groups is 1. The molecule has 0 saturated carbocycles. The maximum Gasteiger partial charge on any atom is 0.435 e. The second-order valence-electron chi connectivity index (χ2n) is 15.6. The fourth-order valence-corrected chi connectivity index (χ4v) is 8.81. The average Bonchev–Trinajstić information content (AvgIpc) is 3.80. The summed E-state index contributed by atoms with van der Waals surface area (Å²) in [6.07, 6.45) is 0.0673. The number of rotatable bonds is 17. The summed E-state index contributed by atoms with van der Waals surface area (Å²) in [4.78, 5) is 37.2. The molecule has 1 fully saturated rings. The maximum atomic E-state index is 13.9. The number of nitrogens with two attached hydrogens (primary N) is 2. The predicted octanol–water partition coefficient (Wildman–Crippen LogP) is 4.71. The van der Waals surface area contributed by atoms with Gasteiger partial charge in [-0.15, -0.1) is 0 Å². The van der Waals surface area contributed by atoms with E-state index in [1.807, 2.05) is 25.1 Å². The summed E-state index contributed by atoms with van der Waals surface area (Å²) >= 11 is 5.57. The highest BCUT2D eigenvalue weighted by Crippen LogP contribution is 2.46. The number of phenols is 1. The minimum absolute atomic E-state index is 0.0236. The van der Waals surface area contributed by atoms with Crippen LogP contribution in [-0.2, 0) is 23.1 Å². The van der Waals surface area contributed by atoms with Crippen LogP contribution in [0.2, 0.25) is 0 Å². The van der Waals surface area contributed by atoms with Crippen LogP contribution in [-0.4, -0.2) is 90.0 Å². The average molecular weight is 904 g/mol. The molecule has 1 unspecified atom stereocenters. The number of aromatic nitrogens is 4. The molecular formula is C42H50N9O10PS. The monoisotopic (exact) mass is 903 g/mol. The van der Waals surface area contributed by atoms with Gasteiger partial charge in [0.1, 0.15) is 47.2 Å². The lowest BCUT2D eigenvalue weighted by Gasteiger charge is -2.24. The Balaban J connectivity index is 0.882. The van der Waals surface area contributed by atoms with Crippen molar-refractivity contribution in [3.05, 3.63) is 83.0 Å². The number of aromatic hydroxyl groups is 1. The summed E-state index contributed by atoms with van der Waals surface area (Å²) in [5.41, 5.74) is 17.1. The number of nitrogens with zero attached hydrogens (tertiary/aromatic N) is 4. The van der Waals surface area contributed by atoms with Crippen molar-refractivity contribution in [1.82, 2.24) is 29.9 Å². The number of fused-ring (bicyclic) bond motifs is 3. The maximum absolute atomic E-state index is 13.9. The van der Waals surface area contributed by atoms with E-state index in [2.05, 4.69) is 30.7 Å². The lowest BCUT2D eigenvalue weighted by molar-refractivity contribution is -0.122. The van der Waals surface area contributed by atoms with Crippen molar-refractivity contribution < 1.29 is 42.9 Å². The molecule has 1 aliphatic carbocycles. The first-order valence-corrected chi connectivity index (χ1v) is 22.3. The molecule has 334 valence electrons. The van der Waals surface area contributed by atoms with E-state index in [1.54, 1.807) is 32.0 Å². The summed E-state index contributed by atoms with van der Waals surface area (Å²) in [5, 5.41) is 41.8. The number of nitrogens with one attached hydrogen (secondary N) is 3. The van der Waals surface area contributed by atoms with Crippen LogP contribution in [0.5, 0.6) is 5.75 Å². The van der Waals surface area contributed by atoms with Crippen molar-refractivity contribution in [2.24, 2.45) is 11.7 Å². The van der Waals surface area contributed by atoms with Crippen LogP contribution < -0.4 is 32.6 Å². The van der Waals surface area contributed by atoms with Crippen LogP contribution in [0.25, 0.3) is 44.6 Å². The summed E-state index contributed by atoms with van der Waals surface area (Å²) in [6, 6.07) is 14.5. The van der Waals surface area contributed by atoms with Crippen LogP contribution in [0, 0.1) is 12.8 Å². The Labute approximate surface area is 367 Å². The van der Waals surface area contributed by atoms with Gasteiger partial charge in [0.2, 0.25) is 5.91 Å². The van der Waals surface area contributed by atoms with E-state index in [0.29, 0.717) is 35.8 Å². The van der Waals surface area contributed by atoms with E-state index < -0.39 is 50.8 Å². The van der Waals surface area contributed by atoms with E-state index in [1.165, 1.54) is 35.4 Å². The van der Waals surface area contributed by atoms with Crippen LogP contribution in [0.15, 0.2) is 76.5 Å². The number of imidazole rings is 1. The van der Waals surface area contributed by atoms with Crippen molar-refractivity contribution in [1.29, 1.82) is 0 Å². The van der Waals surface area contributed by atoms with E-state index in [-0.39, 0.29) is 40.7 Å². The van der Waals surface area contributed by atoms with Gasteiger partial charge in [-0.25, -0.2) is 19.5 Å². The smallest absolute Gasteiger partial charge is 0.435 e. The zero-order chi connectivity index (χ0) is 45.0. The minimum Gasteiger partial charge on any atom is -0.508 e. The molecule has 7 rings (SSSR count). The van der Waals surface area contributed by atoms with Gasteiger partial charge in [0, 0.05) is 40.9 Å². The summed E-state index contributed by atoms with van der Waals surface area (Å²) < 4.78 is 38.5. The molecule has 2 aromatic heterocycles. The molecule has 1 amide bonds. The molecule has 3 aliphatic rings. The Hall–Kier alpha value is -5.57. The quantitative estimate of drug-likeness (QED) is 0.0266. The fraction of sp³-hybridized carbons (Fsp3) is 0.381. The second-order valence-corrected chi connectivity index (χ2v) is 17.8. The van der Waals surface area contributed by atoms with Crippen molar-refractivity contribution >= 4 is 64.6 Å². The first-order valence-electron chi connectivity index (χ1n) is 20.4. The summed E-state index contributed by atoms with van der Waals surface area (Å²) in [6.45, 7) is 5.51. The minimum atomic E-state index is -4.32. The molecule has 4 heterocycles. The second kappa shape index (κ2) is 19.4. The van der Waals surface area contributed by atoms with Crippen molar-refractivity contribution in [2.45, 2.75) is 77.0 Å². The number of unbranched alkanes of at least 4 members (excludes halogenated alkanes) is 3. The third-order valence-corrected chi connectivity index (χ3v) is 12.5. The number of aliphatic hydroxyl groups excluding tert-OH is 2. The van der Waals surface area contributed by atoms with E-state index in [0.717, 1.165) is 46.2 Å². The lowest BCUT2D eigenvalue weighted by Crippen LogP contribution is -2.43. The summed E-state index contributed by atoms with van der Waals surface area (Å²) in [5.74, 6) is -0.403. The third kappa shape index (κ3) is 10.3. The number of nitrogen functional groups attached to an aromatic ring is 1. The summed E-state index contributed by atoms with van der Waals surface area (Å²) in [7, 11) is -4.32. The Morgan fingerprint density at radius 3 is 2.56 bits per heavy atom. The molecule has 21 heteroatoms. The highest BCUT2D eigenvalue weighted by Gasteiger charge is 2.46. The topological polar surface area (TPSA) is 284 Å². The number of amides is 1. The number of phenolic OH excluding ortho intramolecular Hbond substituents is 1. The number of anilines is 2. The van der Waals surface area contributed by atoms with Crippen molar-refractivity contribution in [3.8, 4) is 28.2 Å². The van der Waals surface area contributed by atoms with Gasteiger partial charge in [-0.3, -0.25) is 28.3 Å². The number of carbonyl (C=O) groups excluding carboxylic acids is 1. The molecule has 63 heavy (non-hydrogen) atoms. The normalized spacial score (nSPS) is 19.1. The Morgan fingerprint density at radius 1 is 1.00 bits per heavy atom. The van der Waals surface area contributed by atoms with Crippen LogP contribution in [0.1, 0.15) is 51.3 Å². The van der Waals surface area contributed by atoms with Gasteiger partial charge in [0.15, 0.2) is 28.2 Å². The van der Waals surface area contributed by atoms with Gasteiger partial charge in [-0.05, 0) is 85.4 Å². The SMILES string of the molecule is Cc1cc(NC(=S)NCCCCCCOP(=O)(NC(=O)[C@@H](N)C(C)C)OC[C@H]2O[C@@H](n3cnc4c(N)ncnc43)[C@@H](O)[C@@H]2O)ccc1-c1c2ccc(=O)cc-2oc2cc(O)ccc12. The number of benzene rings is 3. The highest BCUT2D eigenvalue weighted by molar-refractivity contribution is 7.80. The van der Waals surface area contributed by atoms with E-state index in [9.17, 15) is 29.5 Å². The number of aliphatic hydroxyl groups is 2. The Morgan fingerprint density at radius 2 is 1.78 bits per heavy atom. The van der Waals surface area contributed by atoms with Crippen LogP contribution in [0.4, 0.5) is 11.5 Å². The first-order chi connectivity index (χ1) is 30.1. The third-order valence-electron chi connectivity index (χ3n) is 10.7. The Kier molecular flexibility index (Phi) is 14.0. The number of aryl methyl sites for hydroxylation is 1. The predicted molar refractivity (Wildman–Crippen MR) is 240 cm³/mol. The van der Waals surface area contributed by atoms with Crippen LogP contribution >= 0.6 is 20.0 Å². The molecule has 2 aliphatic heterocycles. The lowest BCUT2D eigenvalue weighted by atomic mass is 9.91. The van der Waals surface area contributed by atoms with Gasteiger partial charge < -0.3 is 46.6 Å². The molecular weight excluding hydrogens is 854 g/mol. The zero-order valence-electron chi connectivity index (χ0n) is 34.8. The van der Waals surface area contributed by atoms with Crippen molar-refractivity contribution in [2.75, 3.05) is 30.8 Å². The molecule has 19 nitrogen and oxygen atoms in total. The Bertz CT molecular complexity index is 2700. The molecule has 0 radical (unpaired) electrons. The largest absolute Gasteiger partial charge is 0.508 e. The first kappa shape index (κ1) is 45.5. The number of thiocarbonyl (C=S) groups is 1. The van der Waals surface area contributed by atoms with Gasteiger partial charge in [-0.1, -0.05) is 32.8 Å². The molecule has 6 atom stereocenters. The highest BCUT2D eigenvalue weighted by atomic mass is 32.1. The number of hydrogen-bond donors (Lipinski definition) is 8. The standard InChI is InChI=1S/C42H50N9O10PS/c1-22(2)34(43)40(56)50-62(57,59-19-32-36(54)37(55)41(61-32)51-21-48-35-38(44)46-20-47-39(35)51)58-15-7-5-4-6-14-45-42(63)49-24-8-11-27(23(3)16-24)33-28-12-9-25(52)17-30(28)60-31-18-26(53)10-13-29(31)33/h8-13,16-18,20-22,32,34,36-37,41,52,54-55H,4-7,14-15,19,43H2,1-3H3,(H2,44,46,47)(H2,45,49,63)(H,50,56,57)/t32-,34+,36-,37+,41-,62?/m1/s1. The number of ether oxygens (including phenoxy) is 1. The van der Waals surface area contributed by atoms with E-state index in [4.69, 9.17) is 41.9 Å². The van der Waals surface area contributed by atoms with Gasteiger partial charge in [-0.2, -0.15) is 0 Å². The molecule has 4 aromatic rings. The molecule has 1 saturated heterocycles. The fourth-order valence-electron chi connectivity index (χ4n) is 7.25. The van der Waals surface area contributed by atoms with Gasteiger partial charge >= 0.3 is 7.75 Å². The number of hydrogen-bond acceptors (Lipinski definition) is 16. The van der Waals surface area contributed by atoms with Gasteiger partial charge in [0.25, 0.3) is 0 Å². The molecule has 0 bridgehead atoms. The molecule has 0 spiro atoms. The van der Waals surface area contributed by atoms with Gasteiger partial charge in [0.05, 0.1) is 25.6 Å². The van der Waals surface area contributed by atoms with E-state index >= 15 is 0 Å². The van der Waals surface area contributed by atoms with Crippen molar-refractivity contribution in [3.63, 3.8) is 0 Å². The molecule has 2 aromatic carbocycles. The zero-order valence-corrected chi connectivity index (χ0v) is 36.5.